The molecule has 1 atom stereocenters. The Morgan fingerprint density at radius 3 is 1.08 bits per heavy atom. The van der Waals surface area contributed by atoms with Crippen LogP contribution in [0.1, 0.15) is 6.42 Å². The first-order valence-corrected chi connectivity index (χ1v) is 13.2. The fourth-order valence-electron chi connectivity index (χ4n) is 3.12. The number of aliphatic carboxylic acids is 1. The highest BCUT2D eigenvalue weighted by atomic mass is 19.4. The molecule has 39 heteroatoms. The average molecular weight is 1010 g/mol. The average Bonchev–Trinajstić information content (AvgIpc) is 3.01. The number of allylic oxidation sites excluding steroid dienone is 1. The van der Waals surface area contributed by atoms with Crippen LogP contribution in [-0.4, -0.2) is 113 Å². The Morgan fingerprint density at radius 2 is 0.806 bits per heavy atom. The third kappa shape index (κ3) is 9.57. The van der Waals surface area contributed by atoms with Crippen LogP contribution in [0.15, 0.2) is 24.1 Å². The minimum absolute atomic E-state index is 0.220. The molecule has 1 unspecified atom stereocenters. The SMILES string of the molecule is C=CC(=O)OC(F)(F)C(F)(F)C(F)(F)C(F)(F)C(F)CC(F)(F)F.O=C(O)C(=C(F)C(F)(F)C(F)(F)C(F)(F)C(F)(F)C(F)(F)C(F)(F)C(F)(F)C(F)(F)F)C(F)(F)C(F)(F)F. The lowest BCUT2D eigenvalue weighted by atomic mass is 9.88. The fraction of sp³-hybridized carbons (Fsp3) is 0.739. The molecule has 4 nitrogen and oxygen atoms in total. The summed E-state index contributed by atoms with van der Waals surface area (Å²) in [7, 11) is 0. The molecule has 0 aliphatic carbocycles. The number of rotatable bonds is 16. The summed E-state index contributed by atoms with van der Waals surface area (Å²) in [5, 5.41) is 8.04. The van der Waals surface area contributed by atoms with E-state index in [1.54, 1.807) is 0 Å². The van der Waals surface area contributed by atoms with Gasteiger partial charge in [-0.1, -0.05) is 6.58 Å². The van der Waals surface area contributed by atoms with Gasteiger partial charge in [0.25, 0.3) is 0 Å². The number of carboxylic acid groups (broad SMARTS) is 1. The van der Waals surface area contributed by atoms with E-state index in [4.69, 9.17) is 5.11 Å². The van der Waals surface area contributed by atoms with Crippen molar-refractivity contribution in [2.75, 3.05) is 0 Å². The topological polar surface area (TPSA) is 63.6 Å². The van der Waals surface area contributed by atoms with Gasteiger partial charge in [-0.05, 0) is 0 Å². The maximum absolute atomic E-state index is 13.5. The summed E-state index contributed by atoms with van der Waals surface area (Å²) in [5.74, 6) is -104. The maximum Gasteiger partial charge on any atom is 0.473 e. The first kappa shape index (κ1) is 60.1. The van der Waals surface area contributed by atoms with Crippen molar-refractivity contribution >= 4 is 11.9 Å². The van der Waals surface area contributed by atoms with E-state index in [1.165, 1.54) is 0 Å². The van der Waals surface area contributed by atoms with Gasteiger partial charge in [0.15, 0.2) is 17.6 Å². The number of alkyl halides is 34. The van der Waals surface area contributed by atoms with Gasteiger partial charge in [-0.2, -0.15) is 145 Å². The third-order valence-corrected chi connectivity index (χ3v) is 6.48. The molecule has 0 aliphatic heterocycles. The van der Waals surface area contributed by atoms with E-state index in [-0.39, 0.29) is 6.08 Å². The maximum atomic E-state index is 13.5. The van der Waals surface area contributed by atoms with Crippen molar-refractivity contribution in [2.45, 2.75) is 102 Å². The van der Waals surface area contributed by atoms with Crippen molar-refractivity contribution in [3.8, 4) is 0 Å². The third-order valence-electron chi connectivity index (χ3n) is 6.48. The smallest absolute Gasteiger partial charge is 0.473 e. The first-order valence-electron chi connectivity index (χ1n) is 13.2. The quantitative estimate of drug-likeness (QED) is 0.0951. The van der Waals surface area contributed by atoms with Crippen LogP contribution in [0.4, 0.5) is 154 Å². The van der Waals surface area contributed by atoms with E-state index < -0.39 is 126 Å². The van der Waals surface area contributed by atoms with Crippen molar-refractivity contribution in [1.82, 2.24) is 0 Å². The zero-order chi connectivity index (χ0) is 51.5. The van der Waals surface area contributed by atoms with Crippen molar-refractivity contribution in [1.29, 1.82) is 0 Å². The predicted molar refractivity (Wildman–Crippen MR) is 119 cm³/mol. The Bertz CT molecular complexity index is 1660. The molecular weight excluding hydrogens is 1010 g/mol. The van der Waals surface area contributed by atoms with Crippen LogP contribution in [0.3, 0.4) is 0 Å². The summed E-state index contributed by atoms with van der Waals surface area (Å²) in [6.45, 7) is 2.43. The van der Waals surface area contributed by atoms with Crippen LogP contribution in [0.25, 0.3) is 0 Å². The standard InChI is InChI=1S/C13HF23O2.C10H6F12O2/c14-2(1(3(37)38)4(15,16)12(31,32)33)5(17,18)6(19,20)7(21,22)8(23,24)9(25,26)10(27,28)11(29,30)13(34,35)36;1-2-5(23)24-10(21,22)9(19,20)8(17,18)7(15,16)4(11)3-6(12,13)14/h(H,37,38);2,4H,1,3H2. The monoisotopic (exact) mass is 1010 g/mol. The fourth-order valence-corrected chi connectivity index (χ4v) is 3.12. The zero-order valence-electron chi connectivity index (χ0n) is 27.0. The van der Waals surface area contributed by atoms with Crippen molar-refractivity contribution in [3.05, 3.63) is 24.1 Å². The molecule has 0 aromatic carbocycles. The first-order chi connectivity index (χ1) is 26.3. The number of esters is 1. The summed E-state index contributed by atoms with van der Waals surface area (Å²) >= 11 is 0. The van der Waals surface area contributed by atoms with Crippen molar-refractivity contribution in [2.24, 2.45) is 0 Å². The van der Waals surface area contributed by atoms with Crippen molar-refractivity contribution in [3.63, 3.8) is 0 Å². The Morgan fingerprint density at radius 1 is 0.484 bits per heavy atom. The Hall–Kier alpha value is -4.03. The van der Waals surface area contributed by atoms with Crippen LogP contribution in [0, 0.1) is 0 Å². The summed E-state index contributed by atoms with van der Waals surface area (Å²) in [6, 6.07) is 0. The van der Waals surface area contributed by atoms with Crippen LogP contribution in [0.2, 0.25) is 0 Å². The van der Waals surface area contributed by atoms with E-state index >= 15 is 0 Å². The van der Waals surface area contributed by atoms with Gasteiger partial charge >= 0.3 is 102 Å². The number of halogens is 35. The van der Waals surface area contributed by atoms with Crippen molar-refractivity contribution < 1.29 is 173 Å². The molecule has 0 rings (SSSR count). The number of carbonyl (C=O) groups is 2. The molecular formula is C23H7F35O4. The molecule has 0 heterocycles. The van der Waals surface area contributed by atoms with Crippen LogP contribution in [-0.2, 0) is 14.3 Å². The summed E-state index contributed by atoms with van der Waals surface area (Å²) in [4.78, 5) is 20.7. The lowest BCUT2D eigenvalue weighted by Gasteiger charge is -2.42. The van der Waals surface area contributed by atoms with Gasteiger partial charge in [0, 0.05) is 6.08 Å². The minimum Gasteiger partial charge on any atom is -0.478 e. The molecule has 0 saturated heterocycles. The lowest BCUT2D eigenvalue weighted by molar-refractivity contribution is -0.460. The molecule has 0 amide bonds. The molecule has 368 valence electrons. The molecule has 0 saturated carbocycles. The van der Waals surface area contributed by atoms with Gasteiger partial charge in [-0.25, -0.2) is 18.4 Å². The van der Waals surface area contributed by atoms with Crippen LogP contribution in [0.5, 0.6) is 0 Å². The Balaban J connectivity index is 0. The Kier molecular flexibility index (Phi) is 16.0. The molecule has 0 aromatic rings. The lowest BCUT2D eigenvalue weighted by Crippen LogP contribution is -2.74. The van der Waals surface area contributed by atoms with Gasteiger partial charge in [-0.3, -0.25) is 0 Å². The number of hydrogen-bond donors (Lipinski definition) is 1. The van der Waals surface area contributed by atoms with Gasteiger partial charge in [-0.15, -0.1) is 0 Å². The number of carboxylic acids is 1. The minimum atomic E-state index is -9.30. The van der Waals surface area contributed by atoms with Crippen LogP contribution < -0.4 is 0 Å². The molecule has 0 aromatic heterocycles. The van der Waals surface area contributed by atoms with Gasteiger partial charge in [0.1, 0.15) is 0 Å². The second kappa shape index (κ2) is 16.5. The molecule has 62 heavy (non-hydrogen) atoms. The highest BCUT2D eigenvalue weighted by Crippen LogP contribution is 2.65. The second-order valence-electron chi connectivity index (χ2n) is 10.8. The Labute approximate surface area is 312 Å². The van der Waals surface area contributed by atoms with Gasteiger partial charge < -0.3 is 9.84 Å². The van der Waals surface area contributed by atoms with E-state index in [9.17, 15) is 163 Å². The number of ether oxygens (including phenoxy) is 1. The molecule has 1 N–H and O–H groups in total. The highest BCUT2D eigenvalue weighted by molar-refractivity contribution is 5.89. The van der Waals surface area contributed by atoms with E-state index in [0.717, 1.165) is 0 Å². The largest absolute Gasteiger partial charge is 0.478 e. The molecule has 0 radical (unpaired) electrons. The van der Waals surface area contributed by atoms with Crippen LogP contribution >= 0.6 is 0 Å². The normalized spacial score (nSPS) is 16.5. The van der Waals surface area contributed by atoms with Gasteiger partial charge in [0.2, 0.25) is 0 Å². The molecule has 0 spiro atoms. The molecule has 0 aliphatic rings. The number of carbonyl (C=O) groups excluding carboxylic acids is 1. The van der Waals surface area contributed by atoms with E-state index in [0.29, 0.717) is 0 Å². The van der Waals surface area contributed by atoms with E-state index in [2.05, 4.69) is 11.3 Å². The summed E-state index contributed by atoms with van der Waals surface area (Å²) in [6.07, 6.45) is -36.6. The van der Waals surface area contributed by atoms with E-state index in [1.807, 2.05) is 0 Å². The highest BCUT2D eigenvalue weighted by Gasteiger charge is 2.96. The second-order valence-corrected chi connectivity index (χ2v) is 10.8. The van der Waals surface area contributed by atoms with Gasteiger partial charge in [0.05, 0.1) is 6.42 Å². The molecule has 0 bridgehead atoms. The zero-order valence-corrected chi connectivity index (χ0v) is 27.0. The predicted octanol–water partition coefficient (Wildman–Crippen LogP) is 12.0. The summed E-state index contributed by atoms with van der Waals surface area (Å²) in [5.41, 5.74) is -4.98. The molecule has 0 fully saturated rings. The number of hydrogen-bond acceptors (Lipinski definition) is 3. The summed E-state index contributed by atoms with van der Waals surface area (Å²) < 4.78 is 452.